The third kappa shape index (κ3) is 3.41. The first-order valence-corrected chi connectivity index (χ1v) is 8.52. The van der Waals surface area contributed by atoms with Crippen molar-refractivity contribution in [3.63, 3.8) is 0 Å². The van der Waals surface area contributed by atoms with Crippen LogP contribution in [0.2, 0.25) is 0 Å². The van der Waals surface area contributed by atoms with E-state index < -0.39 is 5.25 Å². The van der Waals surface area contributed by atoms with Crippen molar-refractivity contribution >= 4 is 29.3 Å². The van der Waals surface area contributed by atoms with Gasteiger partial charge in [0.1, 0.15) is 5.03 Å². The summed E-state index contributed by atoms with van der Waals surface area (Å²) in [6.45, 7) is 1.90. The third-order valence-corrected chi connectivity index (χ3v) is 5.10. The molecule has 0 saturated carbocycles. The van der Waals surface area contributed by atoms with Crippen LogP contribution in [0.25, 0.3) is 0 Å². The Bertz CT molecular complexity index is 753. The number of amides is 2. The summed E-state index contributed by atoms with van der Waals surface area (Å²) in [6.07, 6.45) is 5.22. The largest absolute Gasteiger partial charge is 0.349 e. The Morgan fingerprint density at radius 1 is 1.38 bits per heavy atom. The Kier molecular flexibility index (Phi) is 4.80. The number of anilines is 1. The molecule has 2 amide bonds. The topological polar surface area (TPSA) is 75.2 Å². The van der Waals surface area contributed by atoms with Gasteiger partial charge >= 0.3 is 0 Å². The average Bonchev–Trinajstić information content (AvgIpc) is 2.60. The lowest BCUT2D eigenvalue weighted by molar-refractivity contribution is -0.125. The highest BCUT2D eigenvalue weighted by Crippen LogP contribution is 2.37. The van der Waals surface area contributed by atoms with Crippen molar-refractivity contribution < 1.29 is 9.59 Å². The van der Waals surface area contributed by atoms with Gasteiger partial charge in [-0.1, -0.05) is 17.8 Å². The minimum absolute atomic E-state index is 0.0790. The van der Waals surface area contributed by atoms with Crippen LogP contribution in [-0.2, 0) is 9.59 Å². The predicted molar refractivity (Wildman–Crippen MR) is 92.7 cm³/mol. The number of fused-ring (bicyclic) bond motifs is 1. The molecule has 2 unspecified atom stereocenters. The van der Waals surface area contributed by atoms with E-state index in [0.29, 0.717) is 0 Å². The summed E-state index contributed by atoms with van der Waals surface area (Å²) < 4.78 is 0. The zero-order valence-corrected chi connectivity index (χ0v) is 14.3. The van der Waals surface area contributed by atoms with E-state index in [0.717, 1.165) is 16.3 Å². The van der Waals surface area contributed by atoms with E-state index in [-0.39, 0.29) is 24.3 Å². The fourth-order valence-electron chi connectivity index (χ4n) is 2.56. The Balaban J connectivity index is 1.66. The van der Waals surface area contributed by atoms with Crippen LogP contribution in [0.1, 0.15) is 24.9 Å². The highest BCUT2D eigenvalue weighted by atomic mass is 32.2. The van der Waals surface area contributed by atoms with Crippen LogP contribution < -0.4 is 10.2 Å². The molecule has 6 nitrogen and oxygen atoms in total. The van der Waals surface area contributed by atoms with Crippen molar-refractivity contribution in [1.82, 2.24) is 15.3 Å². The Morgan fingerprint density at radius 3 is 2.92 bits per heavy atom. The molecule has 0 aliphatic carbocycles. The van der Waals surface area contributed by atoms with E-state index in [1.165, 1.54) is 11.8 Å². The molecular weight excluding hydrogens is 324 g/mol. The molecule has 24 heavy (non-hydrogen) atoms. The minimum Gasteiger partial charge on any atom is -0.349 e. The van der Waals surface area contributed by atoms with Crippen LogP contribution in [0.4, 0.5) is 5.69 Å². The first-order chi connectivity index (χ1) is 11.6. The molecule has 3 heterocycles. The molecule has 2 atom stereocenters. The molecule has 3 rings (SSSR count). The van der Waals surface area contributed by atoms with Crippen LogP contribution in [0.15, 0.2) is 47.9 Å². The average molecular weight is 342 g/mol. The molecule has 2 aromatic rings. The van der Waals surface area contributed by atoms with Crippen molar-refractivity contribution in [3.05, 3.63) is 48.4 Å². The summed E-state index contributed by atoms with van der Waals surface area (Å²) >= 11 is 1.34. The lowest BCUT2D eigenvalue weighted by atomic mass is 10.1. The van der Waals surface area contributed by atoms with Crippen LogP contribution in [-0.4, -0.2) is 34.1 Å². The standard InChI is InChI=1S/C17H18N4O2S/c1-11(12-5-3-7-18-10-12)20-15(22)9-14-17(23)21(2)13-6-4-8-19-16(13)24-14/h3-8,10-11,14H,9H2,1-2H3,(H,20,22). The van der Waals surface area contributed by atoms with Gasteiger partial charge in [-0.2, -0.15) is 0 Å². The second-order valence-corrected chi connectivity index (χ2v) is 6.80. The Morgan fingerprint density at radius 2 is 2.17 bits per heavy atom. The number of carbonyl (C=O) groups excluding carboxylic acids is 2. The summed E-state index contributed by atoms with van der Waals surface area (Å²) in [4.78, 5) is 34.7. The molecule has 0 radical (unpaired) electrons. The smallest absolute Gasteiger partial charge is 0.240 e. The molecule has 0 saturated heterocycles. The van der Waals surface area contributed by atoms with Gasteiger partial charge in [-0.15, -0.1) is 0 Å². The fraction of sp³-hybridized carbons (Fsp3) is 0.294. The normalized spacial score (nSPS) is 18.0. The first-order valence-electron chi connectivity index (χ1n) is 7.65. The predicted octanol–water partition coefficient (Wildman–Crippen LogP) is 2.18. The van der Waals surface area contributed by atoms with Crippen LogP contribution in [0, 0.1) is 0 Å². The van der Waals surface area contributed by atoms with Gasteiger partial charge in [-0.25, -0.2) is 4.98 Å². The van der Waals surface area contributed by atoms with Crippen molar-refractivity contribution in [1.29, 1.82) is 0 Å². The number of hydrogen-bond donors (Lipinski definition) is 1. The maximum Gasteiger partial charge on any atom is 0.240 e. The van der Waals surface area contributed by atoms with Gasteiger partial charge in [0.15, 0.2) is 0 Å². The number of aromatic nitrogens is 2. The van der Waals surface area contributed by atoms with Gasteiger partial charge < -0.3 is 10.2 Å². The molecule has 7 heteroatoms. The Labute approximate surface area is 144 Å². The molecule has 0 aromatic carbocycles. The first kappa shape index (κ1) is 16.4. The van der Waals surface area contributed by atoms with Gasteiger partial charge in [0.05, 0.1) is 17.0 Å². The molecule has 124 valence electrons. The summed E-state index contributed by atoms with van der Waals surface area (Å²) in [7, 11) is 1.71. The molecule has 2 aromatic heterocycles. The number of rotatable bonds is 4. The van der Waals surface area contributed by atoms with E-state index >= 15 is 0 Å². The lowest BCUT2D eigenvalue weighted by Crippen LogP contribution is -2.41. The summed E-state index contributed by atoms with van der Waals surface area (Å²) in [5, 5.41) is 3.24. The second kappa shape index (κ2) is 7.00. The van der Waals surface area contributed by atoms with Crippen LogP contribution >= 0.6 is 11.8 Å². The SMILES string of the molecule is CC(NC(=O)CC1Sc2ncccc2N(C)C1=O)c1cccnc1. The van der Waals surface area contributed by atoms with E-state index in [9.17, 15) is 9.59 Å². The molecule has 0 fully saturated rings. The van der Waals surface area contributed by atoms with Gasteiger partial charge in [-0.3, -0.25) is 14.6 Å². The van der Waals surface area contributed by atoms with Crippen LogP contribution in [0.3, 0.4) is 0 Å². The fourth-order valence-corrected chi connectivity index (χ4v) is 3.77. The zero-order chi connectivity index (χ0) is 17.1. The highest BCUT2D eigenvalue weighted by Gasteiger charge is 2.33. The van der Waals surface area contributed by atoms with Crippen molar-refractivity contribution in [2.75, 3.05) is 11.9 Å². The second-order valence-electron chi connectivity index (χ2n) is 5.61. The number of hydrogen-bond acceptors (Lipinski definition) is 5. The minimum atomic E-state index is -0.460. The number of pyridine rings is 2. The molecule has 1 aliphatic heterocycles. The molecular formula is C17H18N4O2S. The summed E-state index contributed by atoms with van der Waals surface area (Å²) in [5.74, 6) is -0.241. The van der Waals surface area contributed by atoms with E-state index in [1.807, 2.05) is 25.1 Å². The molecule has 1 aliphatic rings. The van der Waals surface area contributed by atoms with E-state index in [1.54, 1.807) is 36.6 Å². The zero-order valence-electron chi connectivity index (χ0n) is 13.5. The maximum atomic E-state index is 12.5. The molecule has 0 bridgehead atoms. The highest BCUT2D eigenvalue weighted by molar-refractivity contribution is 8.00. The number of carbonyl (C=O) groups is 2. The van der Waals surface area contributed by atoms with Gasteiger partial charge in [0.25, 0.3) is 0 Å². The monoisotopic (exact) mass is 342 g/mol. The van der Waals surface area contributed by atoms with Crippen molar-refractivity contribution in [3.8, 4) is 0 Å². The summed E-state index contributed by atoms with van der Waals surface area (Å²) in [5.41, 5.74) is 1.71. The molecule has 1 N–H and O–H groups in total. The summed E-state index contributed by atoms with van der Waals surface area (Å²) in [6, 6.07) is 7.24. The van der Waals surface area contributed by atoms with Crippen LogP contribution in [0.5, 0.6) is 0 Å². The number of nitrogens with one attached hydrogen (secondary N) is 1. The van der Waals surface area contributed by atoms with Gasteiger partial charge in [0.2, 0.25) is 11.8 Å². The third-order valence-electron chi connectivity index (χ3n) is 3.91. The lowest BCUT2D eigenvalue weighted by Gasteiger charge is -2.29. The number of nitrogens with zero attached hydrogens (tertiary/aromatic N) is 3. The van der Waals surface area contributed by atoms with E-state index in [4.69, 9.17) is 0 Å². The quantitative estimate of drug-likeness (QED) is 0.922. The van der Waals surface area contributed by atoms with E-state index in [2.05, 4.69) is 15.3 Å². The number of thioether (sulfide) groups is 1. The van der Waals surface area contributed by atoms with Gasteiger partial charge in [0, 0.05) is 32.1 Å². The molecule has 0 spiro atoms. The van der Waals surface area contributed by atoms with Gasteiger partial charge in [-0.05, 0) is 30.7 Å². The van der Waals surface area contributed by atoms with Crippen molar-refractivity contribution in [2.45, 2.75) is 29.7 Å². The van der Waals surface area contributed by atoms with Crippen molar-refractivity contribution in [2.24, 2.45) is 0 Å². The maximum absolute atomic E-state index is 12.5. The Hall–Kier alpha value is -2.41.